The van der Waals surface area contributed by atoms with Gasteiger partial charge in [-0.15, -0.1) is 0 Å². The van der Waals surface area contributed by atoms with Gasteiger partial charge in [0.05, 0.1) is 12.5 Å². The molecule has 1 aliphatic rings. The number of ether oxygens (including phenoxy) is 1. The van der Waals surface area contributed by atoms with Crippen molar-refractivity contribution in [2.24, 2.45) is 0 Å². The van der Waals surface area contributed by atoms with Crippen LogP contribution in [-0.2, 0) is 17.8 Å². The maximum Gasteiger partial charge on any atom is 0.224 e. The lowest BCUT2D eigenvalue weighted by Crippen LogP contribution is -2.27. The van der Waals surface area contributed by atoms with E-state index >= 15 is 0 Å². The summed E-state index contributed by atoms with van der Waals surface area (Å²) < 4.78 is 5.96. The summed E-state index contributed by atoms with van der Waals surface area (Å²) >= 11 is 0. The van der Waals surface area contributed by atoms with E-state index in [0.29, 0.717) is 12.6 Å². The van der Waals surface area contributed by atoms with Crippen LogP contribution in [0.1, 0.15) is 30.4 Å². The topological polar surface area (TPSA) is 58.6 Å². The zero-order chi connectivity index (χ0) is 16.1. The third kappa shape index (κ3) is 4.25. The Balaban J connectivity index is 1.56. The lowest BCUT2D eigenvalue weighted by atomic mass is 9.96. The number of hydrogen-bond donors (Lipinski definition) is 2. The maximum absolute atomic E-state index is 12.1. The second-order valence-electron chi connectivity index (χ2n) is 5.90. The van der Waals surface area contributed by atoms with Gasteiger partial charge in [-0.2, -0.15) is 0 Å². The first-order valence-corrected chi connectivity index (χ1v) is 8.00. The Labute approximate surface area is 136 Å². The van der Waals surface area contributed by atoms with Gasteiger partial charge in [0.25, 0.3) is 0 Å². The number of carbonyl (C=O) groups excluding carboxylic acids is 1. The third-order valence-corrected chi connectivity index (χ3v) is 4.07. The molecule has 0 bridgehead atoms. The van der Waals surface area contributed by atoms with E-state index in [1.54, 1.807) is 18.2 Å². The minimum atomic E-state index is -0.0750. The van der Waals surface area contributed by atoms with Crippen LogP contribution >= 0.6 is 0 Å². The molecule has 4 nitrogen and oxygen atoms in total. The van der Waals surface area contributed by atoms with Crippen molar-refractivity contribution in [3.05, 3.63) is 59.7 Å². The van der Waals surface area contributed by atoms with Crippen molar-refractivity contribution in [2.75, 3.05) is 0 Å². The van der Waals surface area contributed by atoms with E-state index in [0.717, 1.165) is 29.7 Å². The summed E-state index contributed by atoms with van der Waals surface area (Å²) in [6.45, 7) is 0.445. The average molecular weight is 311 g/mol. The molecule has 0 aliphatic heterocycles. The van der Waals surface area contributed by atoms with Gasteiger partial charge in [0.1, 0.15) is 11.5 Å². The van der Waals surface area contributed by atoms with Gasteiger partial charge in [0.2, 0.25) is 5.91 Å². The number of carbonyl (C=O) groups is 1. The molecule has 23 heavy (non-hydrogen) atoms. The van der Waals surface area contributed by atoms with E-state index in [1.165, 1.54) is 6.42 Å². The van der Waals surface area contributed by atoms with Crippen LogP contribution in [0.2, 0.25) is 0 Å². The lowest BCUT2D eigenvalue weighted by molar-refractivity contribution is -0.120. The summed E-state index contributed by atoms with van der Waals surface area (Å²) in [4.78, 5) is 12.1. The normalized spacial score (nSPS) is 14.1. The second kappa shape index (κ2) is 7.18. The van der Waals surface area contributed by atoms with Gasteiger partial charge in [0, 0.05) is 12.1 Å². The molecule has 3 rings (SSSR count). The zero-order valence-corrected chi connectivity index (χ0v) is 13.0. The third-order valence-electron chi connectivity index (χ3n) is 4.07. The van der Waals surface area contributed by atoms with Gasteiger partial charge < -0.3 is 15.2 Å². The van der Waals surface area contributed by atoms with E-state index in [-0.39, 0.29) is 18.1 Å². The smallest absolute Gasteiger partial charge is 0.224 e. The van der Waals surface area contributed by atoms with Crippen LogP contribution < -0.4 is 10.1 Å². The molecule has 0 aromatic heterocycles. The van der Waals surface area contributed by atoms with Crippen molar-refractivity contribution >= 4 is 5.91 Å². The number of aromatic hydroxyl groups is 1. The summed E-state index contributed by atoms with van der Waals surface area (Å²) in [7, 11) is 0. The molecule has 1 aliphatic carbocycles. The highest BCUT2D eigenvalue weighted by atomic mass is 16.5. The number of rotatable bonds is 6. The second-order valence-corrected chi connectivity index (χ2v) is 5.90. The van der Waals surface area contributed by atoms with E-state index in [4.69, 9.17) is 4.74 Å². The van der Waals surface area contributed by atoms with Gasteiger partial charge >= 0.3 is 0 Å². The predicted molar refractivity (Wildman–Crippen MR) is 88.4 cm³/mol. The molecule has 2 N–H and O–H groups in total. The summed E-state index contributed by atoms with van der Waals surface area (Å²) in [6, 6.07) is 14.6. The Morgan fingerprint density at radius 2 is 2.00 bits per heavy atom. The quantitative estimate of drug-likeness (QED) is 0.861. The highest BCUT2D eigenvalue weighted by Crippen LogP contribution is 2.27. The Hall–Kier alpha value is -2.49. The molecule has 0 atom stereocenters. The monoisotopic (exact) mass is 311 g/mol. The number of nitrogens with one attached hydrogen (secondary N) is 1. The molecule has 0 saturated heterocycles. The molecule has 4 heteroatoms. The number of amides is 1. The van der Waals surface area contributed by atoms with E-state index in [9.17, 15) is 9.90 Å². The molecule has 0 radical (unpaired) electrons. The molecule has 0 spiro atoms. The molecular weight excluding hydrogens is 290 g/mol. The minimum absolute atomic E-state index is 0.0750. The molecule has 2 aromatic carbocycles. The fourth-order valence-corrected chi connectivity index (χ4v) is 2.54. The Kier molecular flexibility index (Phi) is 4.81. The van der Waals surface area contributed by atoms with Crippen LogP contribution in [0, 0.1) is 0 Å². The molecule has 0 heterocycles. The van der Waals surface area contributed by atoms with Crippen molar-refractivity contribution in [1.82, 2.24) is 5.32 Å². The Morgan fingerprint density at radius 1 is 1.17 bits per heavy atom. The number of hydrogen-bond acceptors (Lipinski definition) is 3. The SMILES string of the molecule is O=C(Cc1cccc(O)c1)NCc1ccccc1OC1CCC1. The van der Waals surface area contributed by atoms with Crippen LogP contribution in [0.3, 0.4) is 0 Å². The Morgan fingerprint density at radius 3 is 2.74 bits per heavy atom. The van der Waals surface area contributed by atoms with Crippen molar-refractivity contribution in [2.45, 2.75) is 38.3 Å². The largest absolute Gasteiger partial charge is 0.508 e. The van der Waals surface area contributed by atoms with Crippen molar-refractivity contribution < 1.29 is 14.6 Å². The number of phenolic OH excluding ortho intramolecular Hbond substituents is 1. The van der Waals surface area contributed by atoms with Gasteiger partial charge in [-0.25, -0.2) is 0 Å². The molecule has 1 saturated carbocycles. The van der Waals surface area contributed by atoms with Crippen LogP contribution in [0.15, 0.2) is 48.5 Å². The van der Waals surface area contributed by atoms with E-state index in [1.807, 2.05) is 30.3 Å². The van der Waals surface area contributed by atoms with E-state index in [2.05, 4.69) is 5.32 Å². The standard InChI is InChI=1S/C19H21NO3/c21-16-7-3-5-14(11-16)12-19(22)20-13-15-6-1-2-10-18(15)23-17-8-4-9-17/h1-3,5-7,10-11,17,21H,4,8-9,12-13H2,(H,20,22). The molecule has 120 valence electrons. The van der Waals surface area contributed by atoms with Crippen LogP contribution in [0.5, 0.6) is 11.5 Å². The molecule has 2 aromatic rings. The fourth-order valence-electron chi connectivity index (χ4n) is 2.54. The summed E-state index contributed by atoms with van der Waals surface area (Å²) in [6.07, 6.45) is 4.02. The molecule has 0 unspecified atom stereocenters. The van der Waals surface area contributed by atoms with Crippen molar-refractivity contribution in [3.63, 3.8) is 0 Å². The summed E-state index contributed by atoms with van der Waals surface area (Å²) in [5, 5.41) is 12.4. The number of para-hydroxylation sites is 1. The zero-order valence-electron chi connectivity index (χ0n) is 13.0. The van der Waals surface area contributed by atoms with E-state index < -0.39 is 0 Å². The number of phenols is 1. The molecular formula is C19H21NO3. The maximum atomic E-state index is 12.1. The van der Waals surface area contributed by atoms with Gasteiger partial charge in [0.15, 0.2) is 0 Å². The lowest BCUT2D eigenvalue weighted by Gasteiger charge is -2.27. The summed E-state index contributed by atoms with van der Waals surface area (Å²) in [5.74, 6) is 0.957. The van der Waals surface area contributed by atoms with Crippen molar-refractivity contribution in [3.8, 4) is 11.5 Å². The first kappa shape index (κ1) is 15.4. The number of benzene rings is 2. The van der Waals surface area contributed by atoms with Crippen LogP contribution in [0.25, 0.3) is 0 Å². The van der Waals surface area contributed by atoms with Gasteiger partial charge in [-0.05, 0) is 43.0 Å². The van der Waals surface area contributed by atoms with Gasteiger partial charge in [-0.1, -0.05) is 30.3 Å². The summed E-state index contributed by atoms with van der Waals surface area (Å²) in [5.41, 5.74) is 1.78. The first-order chi connectivity index (χ1) is 11.2. The van der Waals surface area contributed by atoms with Crippen molar-refractivity contribution in [1.29, 1.82) is 0 Å². The van der Waals surface area contributed by atoms with Crippen LogP contribution in [-0.4, -0.2) is 17.1 Å². The molecule has 1 amide bonds. The Bertz CT molecular complexity index is 680. The average Bonchev–Trinajstić information content (AvgIpc) is 2.50. The highest BCUT2D eigenvalue weighted by Gasteiger charge is 2.20. The molecule has 1 fully saturated rings. The predicted octanol–water partition coefficient (Wildman–Crippen LogP) is 3.18. The fraction of sp³-hybridized carbons (Fsp3) is 0.316. The highest BCUT2D eigenvalue weighted by molar-refractivity contribution is 5.78. The first-order valence-electron chi connectivity index (χ1n) is 8.00. The minimum Gasteiger partial charge on any atom is -0.508 e. The van der Waals surface area contributed by atoms with Crippen LogP contribution in [0.4, 0.5) is 0 Å². The van der Waals surface area contributed by atoms with Gasteiger partial charge in [-0.3, -0.25) is 4.79 Å².